The third kappa shape index (κ3) is 3.21. The average molecular weight is 225 g/mol. The molecule has 0 heterocycles. The van der Waals surface area contributed by atoms with Crippen LogP contribution in [0.25, 0.3) is 0 Å². The Morgan fingerprint density at radius 2 is 2.12 bits per heavy atom. The van der Waals surface area contributed by atoms with Gasteiger partial charge in [0, 0.05) is 13.2 Å². The van der Waals surface area contributed by atoms with Crippen molar-refractivity contribution in [2.45, 2.75) is 69.9 Å². The van der Waals surface area contributed by atoms with E-state index < -0.39 is 0 Å². The fourth-order valence-corrected chi connectivity index (χ4v) is 2.92. The lowest BCUT2D eigenvalue weighted by Gasteiger charge is -2.43. The first kappa shape index (κ1) is 12.4. The van der Waals surface area contributed by atoms with Gasteiger partial charge in [0.15, 0.2) is 0 Å². The van der Waals surface area contributed by atoms with Gasteiger partial charge in [-0.15, -0.1) is 0 Å². The van der Waals surface area contributed by atoms with E-state index in [9.17, 15) is 0 Å². The molecule has 2 nitrogen and oxygen atoms in total. The molecule has 0 radical (unpaired) electrons. The van der Waals surface area contributed by atoms with Crippen LogP contribution >= 0.6 is 0 Å². The monoisotopic (exact) mass is 225 g/mol. The average Bonchev–Trinajstić information content (AvgIpc) is 3.03. The number of rotatable bonds is 8. The maximum atomic E-state index is 5.73. The first-order valence-corrected chi connectivity index (χ1v) is 7.06. The van der Waals surface area contributed by atoms with Crippen LogP contribution in [0, 0.1) is 5.92 Å². The Balaban J connectivity index is 1.75. The minimum Gasteiger partial charge on any atom is -0.378 e. The van der Waals surface area contributed by atoms with Crippen molar-refractivity contribution in [3.05, 3.63) is 0 Å². The molecular weight excluding hydrogens is 198 g/mol. The van der Waals surface area contributed by atoms with Crippen LogP contribution in [-0.4, -0.2) is 25.3 Å². The van der Waals surface area contributed by atoms with Crippen LogP contribution in [0.1, 0.15) is 58.3 Å². The summed E-state index contributed by atoms with van der Waals surface area (Å²) in [7, 11) is 1.89. The van der Waals surface area contributed by atoms with E-state index in [2.05, 4.69) is 12.2 Å². The molecule has 0 amide bonds. The van der Waals surface area contributed by atoms with Crippen molar-refractivity contribution in [3.8, 4) is 0 Å². The highest BCUT2D eigenvalue weighted by atomic mass is 16.5. The topological polar surface area (TPSA) is 21.3 Å². The van der Waals surface area contributed by atoms with E-state index in [1.807, 2.05) is 7.11 Å². The minimum atomic E-state index is 0.233. The van der Waals surface area contributed by atoms with Crippen molar-refractivity contribution >= 4 is 0 Å². The van der Waals surface area contributed by atoms with Crippen molar-refractivity contribution in [1.29, 1.82) is 0 Å². The van der Waals surface area contributed by atoms with Crippen molar-refractivity contribution in [1.82, 2.24) is 5.32 Å². The molecule has 2 aliphatic carbocycles. The number of nitrogens with one attached hydrogen (secondary N) is 1. The number of hydrogen-bond acceptors (Lipinski definition) is 2. The number of hydrogen-bond donors (Lipinski definition) is 1. The summed E-state index contributed by atoms with van der Waals surface area (Å²) in [5.41, 5.74) is 0.233. The summed E-state index contributed by atoms with van der Waals surface area (Å²) >= 11 is 0. The Bertz CT molecular complexity index is 203. The van der Waals surface area contributed by atoms with Gasteiger partial charge in [-0.2, -0.15) is 0 Å². The summed E-state index contributed by atoms with van der Waals surface area (Å²) in [5.74, 6) is 1.06. The first-order valence-electron chi connectivity index (χ1n) is 7.06. The highest BCUT2D eigenvalue weighted by Crippen LogP contribution is 2.40. The number of ether oxygens (including phenoxy) is 1. The van der Waals surface area contributed by atoms with Gasteiger partial charge >= 0.3 is 0 Å². The fourth-order valence-electron chi connectivity index (χ4n) is 2.92. The molecule has 0 aromatic carbocycles. The highest BCUT2D eigenvalue weighted by molar-refractivity contribution is 4.93. The first-order chi connectivity index (χ1) is 7.78. The zero-order valence-corrected chi connectivity index (χ0v) is 10.9. The molecular formula is C14H27NO. The van der Waals surface area contributed by atoms with Gasteiger partial charge in [-0.1, -0.05) is 19.8 Å². The van der Waals surface area contributed by atoms with E-state index in [4.69, 9.17) is 4.74 Å². The maximum absolute atomic E-state index is 5.73. The van der Waals surface area contributed by atoms with Crippen molar-refractivity contribution in [3.63, 3.8) is 0 Å². The molecule has 16 heavy (non-hydrogen) atoms. The molecule has 0 aromatic heterocycles. The van der Waals surface area contributed by atoms with Crippen LogP contribution < -0.4 is 5.32 Å². The van der Waals surface area contributed by atoms with Gasteiger partial charge in [-0.05, 0) is 51.0 Å². The molecule has 2 saturated carbocycles. The third-order valence-electron chi connectivity index (χ3n) is 4.43. The molecule has 2 rings (SSSR count). The Morgan fingerprint density at radius 1 is 1.38 bits per heavy atom. The number of methoxy groups -OCH3 is 1. The summed E-state index contributed by atoms with van der Waals surface area (Å²) in [6, 6.07) is 0.686. The van der Waals surface area contributed by atoms with E-state index in [0.29, 0.717) is 6.04 Å². The summed E-state index contributed by atoms with van der Waals surface area (Å²) in [4.78, 5) is 0. The second-order valence-electron chi connectivity index (χ2n) is 5.72. The van der Waals surface area contributed by atoms with E-state index in [1.54, 1.807) is 0 Å². The minimum absolute atomic E-state index is 0.233. The molecule has 1 unspecified atom stereocenters. The fraction of sp³-hybridized carbons (Fsp3) is 1.00. The zero-order chi connectivity index (χ0) is 11.4. The van der Waals surface area contributed by atoms with Crippen LogP contribution in [0.2, 0.25) is 0 Å². The smallest absolute Gasteiger partial charge is 0.0693 e. The van der Waals surface area contributed by atoms with Gasteiger partial charge in [-0.3, -0.25) is 0 Å². The van der Waals surface area contributed by atoms with Gasteiger partial charge in [0.1, 0.15) is 0 Å². The molecule has 2 heteroatoms. The molecule has 0 bridgehead atoms. The maximum Gasteiger partial charge on any atom is 0.0693 e. The van der Waals surface area contributed by atoms with Gasteiger partial charge < -0.3 is 10.1 Å². The lowest BCUT2D eigenvalue weighted by molar-refractivity contribution is -0.0839. The van der Waals surface area contributed by atoms with Crippen molar-refractivity contribution < 1.29 is 4.74 Å². The van der Waals surface area contributed by atoms with Gasteiger partial charge in [0.05, 0.1) is 5.60 Å². The predicted octanol–water partition coefficient (Wildman–Crippen LogP) is 3.11. The molecule has 0 aromatic rings. The Labute approximate surface area is 100 Å². The summed E-state index contributed by atoms with van der Waals surface area (Å²) < 4.78 is 5.73. The summed E-state index contributed by atoms with van der Waals surface area (Å²) in [5, 5.41) is 3.64. The van der Waals surface area contributed by atoms with E-state index in [-0.39, 0.29) is 5.60 Å². The standard InChI is InChI=1S/C14H27NO/c1-3-15-13(8-7-12-5-6-12)11-14(16-2)9-4-10-14/h12-13,15H,3-11H2,1-2H3. The lowest BCUT2D eigenvalue weighted by atomic mass is 9.75. The highest BCUT2D eigenvalue weighted by Gasteiger charge is 2.39. The lowest BCUT2D eigenvalue weighted by Crippen LogP contribution is -2.45. The van der Waals surface area contributed by atoms with Gasteiger partial charge in [0.2, 0.25) is 0 Å². The van der Waals surface area contributed by atoms with Crippen LogP contribution in [0.3, 0.4) is 0 Å². The third-order valence-corrected chi connectivity index (χ3v) is 4.43. The Kier molecular flexibility index (Phi) is 4.26. The summed E-state index contributed by atoms with van der Waals surface area (Å²) in [6.45, 7) is 3.31. The van der Waals surface area contributed by atoms with E-state index >= 15 is 0 Å². The van der Waals surface area contributed by atoms with Crippen molar-refractivity contribution in [2.24, 2.45) is 5.92 Å². The zero-order valence-electron chi connectivity index (χ0n) is 10.9. The predicted molar refractivity (Wildman–Crippen MR) is 67.6 cm³/mol. The molecule has 0 spiro atoms. The van der Waals surface area contributed by atoms with E-state index in [1.165, 1.54) is 51.4 Å². The molecule has 2 aliphatic rings. The molecule has 1 atom stereocenters. The molecule has 2 fully saturated rings. The van der Waals surface area contributed by atoms with Gasteiger partial charge in [-0.25, -0.2) is 0 Å². The quantitative estimate of drug-likeness (QED) is 0.685. The normalized spacial score (nSPS) is 25.1. The van der Waals surface area contributed by atoms with Crippen LogP contribution in [-0.2, 0) is 4.74 Å². The van der Waals surface area contributed by atoms with E-state index in [0.717, 1.165) is 12.5 Å². The Morgan fingerprint density at radius 3 is 2.56 bits per heavy atom. The van der Waals surface area contributed by atoms with Crippen LogP contribution in [0.15, 0.2) is 0 Å². The van der Waals surface area contributed by atoms with Gasteiger partial charge in [0.25, 0.3) is 0 Å². The molecule has 0 aliphatic heterocycles. The largest absolute Gasteiger partial charge is 0.378 e. The second kappa shape index (κ2) is 5.50. The second-order valence-corrected chi connectivity index (χ2v) is 5.72. The molecule has 1 N–H and O–H groups in total. The molecule has 94 valence electrons. The van der Waals surface area contributed by atoms with Crippen LogP contribution in [0.4, 0.5) is 0 Å². The SMILES string of the molecule is CCNC(CCC1CC1)CC1(OC)CCC1. The molecule has 0 saturated heterocycles. The summed E-state index contributed by atoms with van der Waals surface area (Å²) in [6.07, 6.45) is 10.9. The van der Waals surface area contributed by atoms with Crippen LogP contribution in [0.5, 0.6) is 0 Å². The van der Waals surface area contributed by atoms with Crippen molar-refractivity contribution in [2.75, 3.05) is 13.7 Å². The Hall–Kier alpha value is -0.0800.